The number of nitrogens with one attached hydrogen (secondary N) is 2. The van der Waals surface area contributed by atoms with Gasteiger partial charge in [-0.2, -0.15) is 46.6 Å². The van der Waals surface area contributed by atoms with Crippen molar-refractivity contribution in [3.8, 4) is 17.9 Å². The predicted octanol–water partition coefficient (Wildman–Crippen LogP) is 2.47. The lowest BCUT2D eigenvalue weighted by molar-refractivity contribution is -0.139. The van der Waals surface area contributed by atoms with Crippen LogP contribution in [0.25, 0.3) is 0 Å². The minimum atomic E-state index is -4.63. The van der Waals surface area contributed by atoms with E-state index in [-0.39, 0.29) is 0 Å². The van der Waals surface area contributed by atoms with Crippen molar-refractivity contribution in [1.29, 1.82) is 5.26 Å². The third kappa shape index (κ3) is 5.79. The van der Waals surface area contributed by atoms with Gasteiger partial charge in [-0.1, -0.05) is 0 Å². The summed E-state index contributed by atoms with van der Waals surface area (Å²) >= 11 is 0. The SMILES string of the molecule is C[C@@H](Nc1nc(C#CC#N)nc(N[C@H](C)C(F)(F)F)n1)C(F)(F)F. The van der Waals surface area contributed by atoms with E-state index in [9.17, 15) is 26.3 Å². The third-order valence-corrected chi connectivity index (χ3v) is 2.54. The Bertz CT molecular complexity index is 640. The van der Waals surface area contributed by atoms with Crippen molar-refractivity contribution in [1.82, 2.24) is 15.0 Å². The first-order valence-electron chi connectivity index (χ1n) is 6.26. The first kappa shape index (κ1) is 19.3. The van der Waals surface area contributed by atoms with Crippen LogP contribution in [0, 0.1) is 23.2 Å². The molecular formula is C12H10F6N6. The lowest BCUT2D eigenvalue weighted by atomic mass is 10.3. The largest absolute Gasteiger partial charge is 0.408 e. The molecule has 24 heavy (non-hydrogen) atoms. The Balaban J connectivity index is 3.16. The van der Waals surface area contributed by atoms with Gasteiger partial charge < -0.3 is 10.6 Å². The molecule has 2 atom stereocenters. The van der Waals surface area contributed by atoms with E-state index in [1.165, 1.54) is 6.07 Å². The molecule has 0 spiro atoms. The van der Waals surface area contributed by atoms with E-state index in [1.807, 2.05) is 16.6 Å². The first-order valence-corrected chi connectivity index (χ1v) is 6.26. The van der Waals surface area contributed by atoms with Crippen molar-refractivity contribution in [3.05, 3.63) is 5.82 Å². The topological polar surface area (TPSA) is 86.5 Å². The van der Waals surface area contributed by atoms with Crippen LogP contribution in [-0.2, 0) is 0 Å². The number of hydrogen-bond acceptors (Lipinski definition) is 6. The first-order chi connectivity index (χ1) is 10.9. The maximum Gasteiger partial charge on any atom is 0.408 e. The second-order valence-corrected chi connectivity index (χ2v) is 4.48. The fourth-order valence-corrected chi connectivity index (χ4v) is 1.20. The van der Waals surface area contributed by atoms with Crippen molar-refractivity contribution in [2.45, 2.75) is 38.3 Å². The van der Waals surface area contributed by atoms with Crippen LogP contribution < -0.4 is 10.6 Å². The van der Waals surface area contributed by atoms with Crippen molar-refractivity contribution in [2.24, 2.45) is 0 Å². The number of alkyl halides is 6. The van der Waals surface area contributed by atoms with Crippen LogP contribution in [0.5, 0.6) is 0 Å². The van der Waals surface area contributed by atoms with Crippen molar-refractivity contribution >= 4 is 11.9 Å². The molecule has 1 heterocycles. The van der Waals surface area contributed by atoms with Crippen LogP contribution in [0.15, 0.2) is 0 Å². The number of halogens is 6. The minimum absolute atomic E-state index is 0.458. The van der Waals surface area contributed by atoms with E-state index in [0.29, 0.717) is 0 Å². The Labute approximate surface area is 132 Å². The van der Waals surface area contributed by atoms with E-state index >= 15 is 0 Å². The van der Waals surface area contributed by atoms with Crippen LogP contribution in [0.2, 0.25) is 0 Å². The van der Waals surface area contributed by atoms with Crippen molar-refractivity contribution in [3.63, 3.8) is 0 Å². The molecule has 0 unspecified atom stereocenters. The average molecular weight is 352 g/mol. The fourth-order valence-electron chi connectivity index (χ4n) is 1.20. The Morgan fingerprint density at radius 3 is 1.62 bits per heavy atom. The molecule has 0 bridgehead atoms. The average Bonchev–Trinajstić information content (AvgIpc) is 2.42. The van der Waals surface area contributed by atoms with Gasteiger partial charge in [0.2, 0.25) is 17.7 Å². The Hall–Kier alpha value is -2.76. The van der Waals surface area contributed by atoms with Gasteiger partial charge >= 0.3 is 12.4 Å². The van der Waals surface area contributed by atoms with E-state index in [1.54, 1.807) is 0 Å². The molecule has 0 aromatic carbocycles. The maximum absolute atomic E-state index is 12.5. The molecule has 0 radical (unpaired) electrons. The summed E-state index contributed by atoms with van der Waals surface area (Å²) < 4.78 is 75.2. The smallest absolute Gasteiger partial charge is 0.343 e. The number of nitrogens with zero attached hydrogens (tertiary/aromatic N) is 4. The van der Waals surface area contributed by atoms with E-state index < -0.39 is 42.2 Å². The number of rotatable bonds is 4. The van der Waals surface area contributed by atoms with Crippen LogP contribution in [0.4, 0.5) is 38.2 Å². The second kappa shape index (κ2) is 7.21. The van der Waals surface area contributed by atoms with E-state index in [4.69, 9.17) is 5.26 Å². The summed E-state index contributed by atoms with van der Waals surface area (Å²) in [4.78, 5) is 10.5. The molecule has 12 heteroatoms. The summed E-state index contributed by atoms with van der Waals surface area (Å²) in [7, 11) is 0. The number of hydrogen-bond donors (Lipinski definition) is 2. The molecule has 0 saturated carbocycles. The lowest BCUT2D eigenvalue weighted by Crippen LogP contribution is -2.35. The van der Waals surface area contributed by atoms with Gasteiger partial charge in [-0.05, 0) is 19.8 Å². The molecule has 1 aromatic heterocycles. The predicted molar refractivity (Wildman–Crippen MR) is 70.6 cm³/mol. The summed E-state index contributed by atoms with van der Waals surface area (Å²) in [6, 6.07) is -2.71. The highest BCUT2D eigenvalue weighted by atomic mass is 19.4. The molecule has 2 N–H and O–H groups in total. The van der Waals surface area contributed by atoms with Gasteiger partial charge in [-0.15, -0.1) is 0 Å². The molecule has 1 rings (SSSR count). The molecule has 0 aliphatic rings. The highest BCUT2D eigenvalue weighted by Crippen LogP contribution is 2.24. The van der Waals surface area contributed by atoms with Crippen molar-refractivity contribution in [2.75, 3.05) is 10.6 Å². The van der Waals surface area contributed by atoms with Gasteiger partial charge in [-0.3, -0.25) is 0 Å². The normalized spacial score (nSPS) is 14.0. The molecule has 1 aromatic rings. The molecule has 0 amide bonds. The Morgan fingerprint density at radius 1 is 0.875 bits per heavy atom. The van der Waals surface area contributed by atoms with Crippen LogP contribution >= 0.6 is 0 Å². The van der Waals surface area contributed by atoms with Gasteiger partial charge in [0.1, 0.15) is 12.1 Å². The zero-order valence-corrected chi connectivity index (χ0v) is 12.2. The standard InChI is InChI=1S/C12H10F6N6/c1-6(11(13,14)15)20-9-22-8(4-3-5-19)23-10(24-9)21-7(2)12(16,17)18/h6-7H,1-2H3,(H2,20,21,22,23,24)/t6-,7-/m1/s1. The molecule has 130 valence electrons. The summed E-state index contributed by atoms with van der Waals surface area (Å²) in [5.41, 5.74) is 0. The van der Waals surface area contributed by atoms with Gasteiger partial charge in [0.05, 0.1) is 0 Å². The molecule has 0 aliphatic carbocycles. The molecule has 6 nitrogen and oxygen atoms in total. The zero-order chi connectivity index (χ0) is 18.5. The van der Waals surface area contributed by atoms with Gasteiger partial charge in [-0.25, -0.2) is 0 Å². The highest BCUT2D eigenvalue weighted by molar-refractivity contribution is 5.41. The molecule has 0 fully saturated rings. The summed E-state index contributed by atoms with van der Waals surface area (Å²) in [5.74, 6) is 2.25. The van der Waals surface area contributed by atoms with Crippen LogP contribution in [-0.4, -0.2) is 39.4 Å². The van der Waals surface area contributed by atoms with Crippen molar-refractivity contribution < 1.29 is 26.3 Å². The highest BCUT2D eigenvalue weighted by Gasteiger charge is 2.38. The maximum atomic E-state index is 12.5. The summed E-state index contributed by atoms with van der Waals surface area (Å²) in [5, 5.41) is 12.1. The Morgan fingerprint density at radius 2 is 1.29 bits per heavy atom. The van der Waals surface area contributed by atoms with Gasteiger partial charge in [0, 0.05) is 5.92 Å². The molecular weight excluding hydrogens is 342 g/mol. The fraction of sp³-hybridized carbons (Fsp3) is 0.500. The summed E-state index contributed by atoms with van der Waals surface area (Å²) in [6.45, 7) is 1.55. The van der Waals surface area contributed by atoms with Crippen LogP contribution in [0.3, 0.4) is 0 Å². The van der Waals surface area contributed by atoms with Gasteiger partial charge in [0.15, 0.2) is 6.07 Å². The molecule has 0 saturated heterocycles. The second-order valence-electron chi connectivity index (χ2n) is 4.48. The quantitative estimate of drug-likeness (QED) is 0.640. The van der Waals surface area contributed by atoms with Crippen LogP contribution in [0.1, 0.15) is 19.7 Å². The van der Waals surface area contributed by atoms with E-state index in [0.717, 1.165) is 13.8 Å². The Kier molecular flexibility index (Phi) is 5.79. The monoisotopic (exact) mass is 352 g/mol. The molecule has 0 aliphatic heterocycles. The lowest BCUT2D eigenvalue weighted by Gasteiger charge is -2.19. The van der Waals surface area contributed by atoms with E-state index in [2.05, 4.69) is 20.9 Å². The van der Waals surface area contributed by atoms with Gasteiger partial charge in [0.25, 0.3) is 0 Å². The number of nitriles is 1. The summed E-state index contributed by atoms with van der Waals surface area (Å²) in [6.07, 6.45) is -9.25. The zero-order valence-electron chi connectivity index (χ0n) is 12.2. The third-order valence-electron chi connectivity index (χ3n) is 2.54. The number of aromatic nitrogens is 3. The minimum Gasteiger partial charge on any atom is -0.343 e. The number of anilines is 2.